The van der Waals surface area contributed by atoms with Crippen molar-refractivity contribution >= 4 is 5.97 Å². The van der Waals surface area contributed by atoms with E-state index in [1.165, 1.54) is 6.92 Å². The molecule has 0 fully saturated rings. The maximum absolute atomic E-state index is 12.3. The number of aliphatic hydroxyl groups excluding tert-OH is 1. The highest BCUT2D eigenvalue weighted by atomic mass is 19.4. The number of carbonyl (C=O) groups excluding carboxylic acids is 1. The normalized spacial score (nSPS) is 10.8. The second-order valence-corrected chi connectivity index (χ2v) is 3.54. The highest BCUT2D eigenvalue weighted by molar-refractivity contribution is 5.93. The minimum absolute atomic E-state index is 0.00470. The summed E-state index contributed by atoms with van der Waals surface area (Å²) in [5.74, 6) is -1.88. The third kappa shape index (κ3) is 3.86. The number of carbonyl (C=O) groups is 1. The smallest absolute Gasteiger partial charge is 0.462 e. The summed E-state index contributed by atoms with van der Waals surface area (Å²) in [6, 6.07) is 3.29. The van der Waals surface area contributed by atoms with E-state index in [1.54, 1.807) is 6.07 Å². The van der Waals surface area contributed by atoms with Crippen LogP contribution in [0.1, 0.15) is 28.4 Å². The molecule has 0 spiro atoms. The molecule has 0 atom stereocenters. The zero-order valence-electron chi connectivity index (χ0n) is 10.3. The standard InChI is InChI=1S/C12H10F3NO4/c1-2-19-11(18)9-3-8(6-17)7(5-16)4-10(9)20-12(13,14)15/h3-4,17H,2,6H2,1H3. The lowest BCUT2D eigenvalue weighted by molar-refractivity contribution is -0.274. The van der Waals surface area contributed by atoms with Gasteiger partial charge in [-0.15, -0.1) is 13.2 Å². The first kappa shape index (κ1) is 15.8. The van der Waals surface area contributed by atoms with Crippen LogP contribution in [0.5, 0.6) is 5.75 Å². The number of halogens is 3. The molecule has 8 heteroatoms. The molecule has 0 bridgehead atoms. The number of esters is 1. The lowest BCUT2D eigenvalue weighted by atomic mass is 10.0. The summed E-state index contributed by atoms with van der Waals surface area (Å²) in [6.45, 7) is 0.832. The number of ether oxygens (including phenoxy) is 2. The SMILES string of the molecule is CCOC(=O)c1cc(CO)c(C#N)cc1OC(F)(F)F. The van der Waals surface area contributed by atoms with Gasteiger partial charge in [0.25, 0.3) is 0 Å². The molecule has 0 aromatic heterocycles. The van der Waals surface area contributed by atoms with Crippen molar-refractivity contribution in [2.75, 3.05) is 6.61 Å². The fraction of sp³-hybridized carbons (Fsp3) is 0.333. The third-order valence-electron chi connectivity index (χ3n) is 2.22. The van der Waals surface area contributed by atoms with Gasteiger partial charge in [-0.3, -0.25) is 0 Å². The Bertz CT molecular complexity index is 549. The number of alkyl halides is 3. The van der Waals surface area contributed by atoms with E-state index in [0.717, 1.165) is 12.1 Å². The van der Waals surface area contributed by atoms with E-state index in [1.807, 2.05) is 0 Å². The summed E-state index contributed by atoms with van der Waals surface area (Å²) in [4.78, 5) is 11.6. The van der Waals surface area contributed by atoms with E-state index in [2.05, 4.69) is 9.47 Å². The number of benzene rings is 1. The van der Waals surface area contributed by atoms with Gasteiger partial charge in [-0.05, 0) is 24.6 Å². The quantitative estimate of drug-likeness (QED) is 0.859. The molecule has 0 aliphatic rings. The number of hydrogen-bond acceptors (Lipinski definition) is 5. The van der Waals surface area contributed by atoms with Gasteiger partial charge < -0.3 is 14.6 Å². The fourth-order valence-electron chi connectivity index (χ4n) is 1.44. The van der Waals surface area contributed by atoms with E-state index in [0.29, 0.717) is 0 Å². The maximum Gasteiger partial charge on any atom is 0.573 e. The highest BCUT2D eigenvalue weighted by Gasteiger charge is 2.33. The van der Waals surface area contributed by atoms with Crippen molar-refractivity contribution in [2.24, 2.45) is 0 Å². The molecule has 5 nitrogen and oxygen atoms in total. The number of hydrogen-bond donors (Lipinski definition) is 1. The van der Waals surface area contributed by atoms with E-state index in [9.17, 15) is 18.0 Å². The van der Waals surface area contributed by atoms with Crippen LogP contribution in [-0.4, -0.2) is 24.0 Å². The lowest BCUT2D eigenvalue weighted by Gasteiger charge is -2.14. The number of nitrogens with zero attached hydrogens (tertiary/aromatic N) is 1. The molecule has 0 saturated heterocycles. The molecule has 0 amide bonds. The summed E-state index contributed by atoms with van der Waals surface area (Å²) in [5.41, 5.74) is -0.725. The summed E-state index contributed by atoms with van der Waals surface area (Å²) in [7, 11) is 0. The molecular weight excluding hydrogens is 279 g/mol. The molecule has 0 aliphatic heterocycles. The van der Waals surface area contributed by atoms with Crippen molar-refractivity contribution in [3.05, 3.63) is 28.8 Å². The van der Waals surface area contributed by atoms with Crippen LogP contribution in [0.15, 0.2) is 12.1 Å². The zero-order chi connectivity index (χ0) is 15.3. The van der Waals surface area contributed by atoms with Crippen molar-refractivity contribution in [1.82, 2.24) is 0 Å². The molecule has 0 saturated carbocycles. The Kier molecular flexibility index (Phi) is 4.94. The van der Waals surface area contributed by atoms with Gasteiger partial charge in [0.05, 0.1) is 24.8 Å². The number of rotatable bonds is 4. The summed E-state index contributed by atoms with van der Waals surface area (Å²) < 4.78 is 45.2. The van der Waals surface area contributed by atoms with Crippen molar-refractivity contribution in [1.29, 1.82) is 5.26 Å². The van der Waals surface area contributed by atoms with E-state index >= 15 is 0 Å². The van der Waals surface area contributed by atoms with Crippen molar-refractivity contribution < 1.29 is 32.5 Å². The predicted octanol–water partition coefficient (Wildman–Crippen LogP) is 2.13. The second-order valence-electron chi connectivity index (χ2n) is 3.54. The molecule has 1 N–H and O–H groups in total. The van der Waals surface area contributed by atoms with Gasteiger partial charge in [-0.2, -0.15) is 5.26 Å². The second kappa shape index (κ2) is 6.25. The average molecular weight is 289 g/mol. The molecule has 20 heavy (non-hydrogen) atoms. The minimum atomic E-state index is -5.02. The van der Waals surface area contributed by atoms with Crippen LogP contribution in [-0.2, 0) is 11.3 Å². The van der Waals surface area contributed by atoms with E-state index in [4.69, 9.17) is 10.4 Å². The summed E-state index contributed by atoms with van der Waals surface area (Å²) in [5, 5.41) is 17.8. The Morgan fingerprint density at radius 2 is 2.10 bits per heavy atom. The number of nitriles is 1. The highest BCUT2D eigenvalue weighted by Crippen LogP contribution is 2.30. The van der Waals surface area contributed by atoms with Crippen LogP contribution < -0.4 is 4.74 Å². The third-order valence-corrected chi connectivity index (χ3v) is 2.22. The van der Waals surface area contributed by atoms with Gasteiger partial charge in [0.15, 0.2) is 0 Å². The van der Waals surface area contributed by atoms with Gasteiger partial charge in [0.2, 0.25) is 0 Å². The van der Waals surface area contributed by atoms with Crippen molar-refractivity contribution in [3.8, 4) is 11.8 Å². The Balaban J connectivity index is 3.37. The molecular formula is C12H10F3NO4. The Morgan fingerprint density at radius 3 is 2.55 bits per heavy atom. The van der Waals surface area contributed by atoms with Gasteiger partial charge in [0, 0.05) is 0 Å². The average Bonchev–Trinajstić information content (AvgIpc) is 2.36. The van der Waals surface area contributed by atoms with Crippen molar-refractivity contribution in [2.45, 2.75) is 19.9 Å². The largest absolute Gasteiger partial charge is 0.573 e. The van der Waals surface area contributed by atoms with Crippen LogP contribution in [0.25, 0.3) is 0 Å². The number of aliphatic hydroxyl groups is 1. The molecule has 0 aliphatic carbocycles. The Morgan fingerprint density at radius 1 is 1.45 bits per heavy atom. The van der Waals surface area contributed by atoms with Gasteiger partial charge in [-0.25, -0.2) is 4.79 Å². The molecule has 0 unspecified atom stereocenters. The van der Waals surface area contributed by atoms with E-state index < -0.39 is 30.3 Å². The first-order chi connectivity index (χ1) is 9.32. The fourth-order valence-corrected chi connectivity index (χ4v) is 1.44. The summed E-state index contributed by atoms with van der Waals surface area (Å²) in [6.07, 6.45) is -5.02. The van der Waals surface area contributed by atoms with Gasteiger partial charge >= 0.3 is 12.3 Å². The van der Waals surface area contributed by atoms with Crippen molar-refractivity contribution in [3.63, 3.8) is 0 Å². The van der Waals surface area contributed by atoms with Crippen LogP contribution in [0.4, 0.5) is 13.2 Å². The molecule has 0 radical (unpaired) electrons. The van der Waals surface area contributed by atoms with Gasteiger partial charge in [-0.1, -0.05) is 0 Å². The van der Waals surface area contributed by atoms with Crippen LogP contribution >= 0.6 is 0 Å². The Hall–Kier alpha value is -2.27. The molecule has 0 heterocycles. The predicted molar refractivity (Wildman–Crippen MR) is 59.7 cm³/mol. The Labute approximate surface area is 112 Å². The van der Waals surface area contributed by atoms with Crippen LogP contribution in [0.3, 0.4) is 0 Å². The maximum atomic E-state index is 12.3. The first-order valence-corrected chi connectivity index (χ1v) is 5.43. The molecule has 1 aromatic carbocycles. The topological polar surface area (TPSA) is 79.5 Å². The van der Waals surface area contributed by atoms with Gasteiger partial charge in [0.1, 0.15) is 11.3 Å². The molecule has 1 aromatic rings. The molecule has 1 rings (SSSR count). The van der Waals surface area contributed by atoms with Crippen LogP contribution in [0, 0.1) is 11.3 Å². The molecule has 108 valence electrons. The van der Waals surface area contributed by atoms with E-state index in [-0.39, 0.29) is 17.7 Å². The first-order valence-electron chi connectivity index (χ1n) is 5.43. The van der Waals surface area contributed by atoms with Crippen LogP contribution in [0.2, 0.25) is 0 Å². The lowest BCUT2D eigenvalue weighted by Crippen LogP contribution is -2.20. The minimum Gasteiger partial charge on any atom is -0.462 e. The monoisotopic (exact) mass is 289 g/mol. The zero-order valence-corrected chi connectivity index (χ0v) is 10.3. The summed E-state index contributed by atoms with van der Waals surface area (Å²) >= 11 is 0.